The lowest BCUT2D eigenvalue weighted by Gasteiger charge is -2.21. The summed E-state index contributed by atoms with van der Waals surface area (Å²) in [6.45, 7) is 0.999. The Hall–Kier alpha value is -0.220. The Bertz CT molecular complexity index is 97.7. The number of ether oxygens (including phenoxy) is 1. The molecule has 1 unspecified atom stereocenters. The van der Waals surface area contributed by atoms with E-state index >= 15 is 0 Å². The van der Waals surface area contributed by atoms with Gasteiger partial charge in [-0.3, -0.25) is 0 Å². The molecule has 0 saturated carbocycles. The topological polar surface area (TPSA) is 21.3 Å². The Kier molecular flexibility index (Phi) is 3.75. The van der Waals surface area contributed by atoms with E-state index in [9.17, 15) is 8.78 Å². The van der Waals surface area contributed by atoms with Crippen molar-refractivity contribution in [2.24, 2.45) is 0 Å². The van der Waals surface area contributed by atoms with Crippen LogP contribution in [0.4, 0.5) is 8.78 Å². The van der Waals surface area contributed by atoms with E-state index in [0.717, 1.165) is 0 Å². The fraction of sp³-hybridized carbons (Fsp3) is 1.00. The summed E-state index contributed by atoms with van der Waals surface area (Å²) in [7, 11) is 2.75. The number of rotatable bonds is 4. The Morgan fingerprint density at radius 3 is 2.40 bits per heavy atom. The molecule has 1 atom stereocenters. The van der Waals surface area contributed by atoms with Gasteiger partial charge in [-0.2, -0.15) is 0 Å². The molecule has 0 aliphatic carbocycles. The fourth-order valence-corrected chi connectivity index (χ4v) is 0.552. The van der Waals surface area contributed by atoms with Gasteiger partial charge >= 0.3 is 0 Å². The molecule has 0 radical (unpaired) electrons. The third-order valence-electron chi connectivity index (χ3n) is 1.36. The van der Waals surface area contributed by atoms with Crippen LogP contribution in [0.2, 0.25) is 0 Å². The van der Waals surface area contributed by atoms with E-state index in [1.807, 2.05) is 0 Å². The monoisotopic (exact) mass is 153 g/mol. The van der Waals surface area contributed by atoms with Crippen LogP contribution in [-0.2, 0) is 4.74 Å². The molecule has 4 heteroatoms. The maximum atomic E-state index is 12.6. The average molecular weight is 153 g/mol. The number of halogens is 2. The van der Waals surface area contributed by atoms with Gasteiger partial charge in [0.1, 0.15) is 6.10 Å². The first-order valence-corrected chi connectivity index (χ1v) is 3.10. The molecule has 0 heterocycles. The van der Waals surface area contributed by atoms with E-state index in [0.29, 0.717) is 0 Å². The molecule has 62 valence electrons. The van der Waals surface area contributed by atoms with Crippen LogP contribution >= 0.6 is 0 Å². The van der Waals surface area contributed by atoms with Crippen LogP contribution in [0.1, 0.15) is 6.92 Å². The van der Waals surface area contributed by atoms with Crippen LogP contribution in [0.15, 0.2) is 0 Å². The van der Waals surface area contributed by atoms with Crippen molar-refractivity contribution in [3.8, 4) is 0 Å². The molecule has 0 aliphatic rings. The zero-order valence-electron chi connectivity index (χ0n) is 6.45. The highest BCUT2D eigenvalue weighted by atomic mass is 19.3. The van der Waals surface area contributed by atoms with Crippen LogP contribution in [-0.4, -0.2) is 32.7 Å². The molecule has 0 aliphatic heterocycles. The smallest absolute Gasteiger partial charge is 0.285 e. The molecule has 0 fully saturated rings. The van der Waals surface area contributed by atoms with E-state index in [1.165, 1.54) is 21.1 Å². The lowest BCUT2D eigenvalue weighted by atomic mass is 10.2. The summed E-state index contributed by atoms with van der Waals surface area (Å²) in [4.78, 5) is 0. The average Bonchev–Trinajstić information content (AvgIpc) is 1.86. The van der Waals surface area contributed by atoms with Crippen LogP contribution in [0, 0.1) is 0 Å². The van der Waals surface area contributed by atoms with Gasteiger partial charge in [0.2, 0.25) is 0 Å². The molecular formula is C6H13F2NO. The minimum atomic E-state index is -2.77. The Labute approximate surface area is 59.6 Å². The third kappa shape index (κ3) is 2.58. The fourth-order valence-electron chi connectivity index (χ4n) is 0.552. The lowest BCUT2D eigenvalue weighted by molar-refractivity contribution is -0.111. The Morgan fingerprint density at radius 2 is 2.10 bits per heavy atom. The molecule has 0 spiro atoms. The molecule has 1 N–H and O–H groups in total. The number of hydrogen-bond acceptors (Lipinski definition) is 2. The number of nitrogens with one attached hydrogen (secondary N) is 1. The van der Waals surface area contributed by atoms with Crippen LogP contribution < -0.4 is 5.32 Å². The van der Waals surface area contributed by atoms with Gasteiger partial charge < -0.3 is 10.1 Å². The SMILES string of the molecule is CNCC(F)(F)C(C)OC. The van der Waals surface area contributed by atoms with Crippen molar-refractivity contribution in [1.82, 2.24) is 5.32 Å². The highest BCUT2D eigenvalue weighted by Gasteiger charge is 2.35. The van der Waals surface area contributed by atoms with Gasteiger partial charge in [0, 0.05) is 7.11 Å². The second-order valence-electron chi connectivity index (χ2n) is 2.17. The number of hydrogen-bond donors (Lipinski definition) is 1. The quantitative estimate of drug-likeness (QED) is 0.647. The normalized spacial score (nSPS) is 15.3. The molecule has 0 saturated heterocycles. The summed E-state index contributed by atoms with van der Waals surface area (Å²) in [6.07, 6.45) is -1.03. The highest BCUT2D eigenvalue weighted by molar-refractivity contribution is 4.75. The van der Waals surface area contributed by atoms with E-state index < -0.39 is 12.0 Å². The van der Waals surface area contributed by atoms with Crippen molar-refractivity contribution in [1.29, 1.82) is 0 Å². The lowest BCUT2D eigenvalue weighted by Crippen LogP contribution is -2.41. The zero-order chi connectivity index (χ0) is 8.20. The van der Waals surface area contributed by atoms with Gasteiger partial charge in [-0.1, -0.05) is 0 Å². The number of alkyl halides is 2. The zero-order valence-corrected chi connectivity index (χ0v) is 6.45. The minimum Gasteiger partial charge on any atom is -0.375 e. The van der Waals surface area contributed by atoms with E-state index in [-0.39, 0.29) is 6.54 Å². The van der Waals surface area contributed by atoms with Crippen molar-refractivity contribution in [2.75, 3.05) is 20.7 Å². The van der Waals surface area contributed by atoms with Crippen LogP contribution in [0.3, 0.4) is 0 Å². The molecule has 0 rings (SSSR count). The summed E-state index contributed by atoms with van der Waals surface area (Å²) >= 11 is 0. The summed E-state index contributed by atoms with van der Waals surface area (Å²) in [5, 5.41) is 2.39. The third-order valence-corrected chi connectivity index (χ3v) is 1.36. The summed E-state index contributed by atoms with van der Waals surface area (Å²) in [5.41, 5.74) is 0. The Morgan fingerprint density at radius 1 is 1.60 bits per heavy atom. The standard InChI is InChI=1S/C6H13F2NO/c1-5(10-3)6(7,8)4-9-2/h5,9H,4H2,1-3H3. The first-order valence-electron chi connectivity index (χ1n) is 3.10. The van der Waals surface area contributed by atoms with Gasteiger partial charge in [0.25, 0.3) is 5.92 Å². The molecule has 0 aromatic carbocycles. The molecule has 10 heavy (non-hydrogen) atoms. The molecule has 2 nitrogen and oxygen atoms in total. The predicted molar refractivity (Wildman–Crippen MR) is 35.3 cm³/mol. The first-order chi connectivity index (χ1) is 4.54. The molecule has 0 bridgehead atoms. The minimum absolute atomic E-state index is 0.345. The maximum Gasteiger partial charge on any atom is 0.285 e. The molecule has 0 amide bonds. The summed E-state index contributed by atoms with van der Waals surface area (Å²) < 4.78 is 29.7. The molecule has 0 aromatic rings. The molecular weight excluding hydrogens is 140 g/mol. The van der Waals surface area contributed by atoms with Crippen molar-refractivity contribution in [3.05, 3.63) is 0 Å². The second kappa shape index (κ2) is 3.83. The largest absolute Gasteiger partial charge is 0.375 e. The van der Waals surface area contributed by atoms with Crippen molar-refractivity contribution < 1.29 is 13.5 Å². The van der Waals surface area contributed by atoms with Gasteiger partial charge in [-0.05, 0) is 14.0 Å². The van der Waals surface area contributed by atoms with E-state index in [4.69, 9.17) is 0 Å². The van der Waals surface area contributed by atoms with Gasteiger partial charge in [0.05, 0.1) is 6.54 Å². The van der Waals surface area contributed by atoms with Crippen LogP contribution in [0.25, 0.3) is 0 Å². The van der Waals surface area contributed by atoms with Crippen molar-refractivity contribution in [2.45, 2.75) is 19.0 Å². The second-order valence-corrected chi connectivity index (χ2v) is 2.17. The van der Waals surface area contributed by atoms with Gasteiger partial charge in [0.15, 0.2) is 0 Å². The van der Waals surface area contributed by atoms with E-state index in [2.05, 4.69) is 10.1 Å². The first kappa shape index (κ1) is 9.78. The maximum absolute atomic E-state index is 12.6. The van der Waals surface area contributed by atoms with Crippen LogP contribution in [0.5, 0.6) is 0 Å². The predicted octanol–water partition coefficient (Wildman–Crippen LogP) is 0.876. The van der Waals surface area contributed by atoms with Gasteiger partial charge in [-0.15, -0.1) is 0 Å². The highest BCUT2D eigenvalue weighted by Crippen LogP contribution is 2.18. The number of methoxy groups -OCH3 is 1. The van der Waals surface area contributed by atoms with Crippen molar-refractivity contribution in [3.63, 3.8) is 0 Å². The van der Waals surface area contributed by atoms with Crippen molar-refractivity contribution >= 4 is 0 Å². The van der Waals surface area contributed by atoms with E-state index in [1.54, 1.807) is 0 Å². The Balaban J connectivity index is 3.82. The van der Waals surface area contributed by atoms with Gasteiger partial charge in [-0.25, -0.2) is 8.78 Å². The summed E-state index contributed by atoms with van der Waals surface area (Å²) in [5.74, 6) is -2.77. The molecule has 0 aromatic heterocycles. The summed E-state index contributed by atoms with van der Waals surface area (Å²) in [6, 6.07) is 0.